The highest BCUT2D eigenvalue weighted by atomic mass is 16.5. The number of para-hydroxylation sites is 2. The van der Waals surface area contributed by atoms with Gasteiger partial charge in [-0.3, -0.25) is 4.79 Å². The van der Waals surface area contributed by atoms with Crippen molar-refractivity contribution in [3.05, 3.63) is 24.3 Å². The lowest BCUT2D eigenvalue weighted by Gasteiger charge is -2.12. The van der Waals surface area contributed by atoms with Crippen LogP contribution in [0.4, 0.5) is 5.69 Å². The van der Waals surface area contributed by atoms with Gasteiger partial charge in [0.15, 0.2) is 0 Å². The van der Waals surface area contributed by atoms with Crippen LogP contribution >= 0.6 is 0 Å². The Morgan fingerprint density at radius 3 is 2.62 bits per heavy atom. The fourth-order valence-corrected chi connectivity index (χ4v) is 2.09. The van der Waals surface area contributed by atoms with Gasteiger partial charge in [0, 0.05) is 6.54 Å². The van der Waals surface area contributed by atoms with Crippen molar-refractivity contribution in [1.29, 1.82) is 0 Å². The monoisotopic (exact) mass is 292 g/mol. The Morgan fingerprint density at radius 1 is 1.10 bits per heavy atom. The number of ether oxygens (including phenoxy) is 1. The van der Waals surface area contributed by atoms with Crippen molar-refractivity contribution in [2.24, 2.45) is 0 Å². The third-order valence-corrected chi connectivity index (χ3v) is 3.23. The molecule has 1 rings (SSSR count). The summed E-state index contributed by atoms with van der Waals surface area (Å²) < 4.78 is 5.51. The van der Waals surface area contributed by atoms with Crippen LogP contribution < -0.4 is 15.4 Å². The Kier molecular flexibility index (Phi) is 9.09. The van der Waals surface area contributed by atoms with Gasteiger partial charge in [-0.05, 0) is 25.5 Å². The number of carbonyl (C=O) groups is 1. The number of hydrogen-bond acceptors (Lipinski definition) is 3. The molecule has 0 saturated carbocycles. The van der Waals surface area contributed by atoms with Crippen molar-refractivity contribution in [3.8, 4) is 5.75 Å². The lowest BCUT2D eigenvalue weighted by molar-refractivity contribution is -0.119. The van der Waals surface area contributed by atoms with E-state index in [0.29, 0.717) is 6.61 Å². The number of unbranched alkanes of at least 4 members (excludes halogenated alkanes) is 4. The normalized spacial score (nSPS) is 10.2. The molecule has 2 N–H and O–H groups in total. The predicted molar refractivity (Wildman–Crippen MR) is 87.9 cm³/mol. The Balaban J connectivity index is 2.21. The maximum absolute atomic E-state index is 11.8. The summed E-state index contributed by atoms with van der Waals surface area (Å²) in [5, 5.41) is 6.06. The van der Waals surface area contributed by atoms with Crippen molar-refractivity contribution >= 4 is 11.6 Å². The molecule has 0 saturated heterocycles. The first kappa shape index (κ1) is 17.3. The molecule has 0 aliphatic carbocycles. The molecule has 0 fully saturated rings. The number of anilines is 1. The van der Waals surface area contributed by atoms with Gasteiger partial charge in [-0.25, -0.2) is 0 Å². The number of nitrogens with one attached hydrogen (secondary N) is 2. The Hall–Kier alpha value is -1.71. The highest BCUT2D eigenvalue weighted by Crippen LogP contribution is 2.23. The van der Waals surface area contributed by atoms with Crippen molar-refractivity contribution in [2.45, 2.75) is 46.0 Å². The van der Waals surface area contributed by atoms with Gasteiger partial charge in [-0.2, -0.15) is 0 Å². The number of hydrogen-bond donors (Lipinski definition) is 2. The van der Waals surface area contributed by atoms with E-state index in [1.807, 2.05) is 31.2 Å². The molecular formula is C17H28N2O2. The first-order valence-corrected chi connectivity index (χ1v) is 8.00. The summed E-state index contributed by atoms with van der Waals surface area (Å²) >= 11 is 0. The quantitative estimate of drug-likeness (QED) is 0.613. The van der Waals surface area contributed by atoms with Crippen molar-refractivity contribution in [3.63, 3.8) is 0 Å². The van der Waals surface area contributed by atoms with E-state index in [4.69, 9.17) is 4.74 Å². The summed E-state index contributed by atoms with van der Waals surface area (Å²) in [6.45, 7) is 5.80. The average Bonchev–Trinajstić information content (AvgIpc) is 2.50. The molecule has 4 heteroatoms. The van der Waals surface area contributed by atoms with Crippen molar-refractivity contribution in [2.75, 3.05) is 25.0 Å². The molecule has 1 aromatic carbocycles. The van der Waals surface area contributed by atoms with Crippen LogP contribution in [0.1, 0.15) is 46.0 Å². The first-order valence-electron chi connectivity index (χ1n) is 8.00. The van der Waals surface area contributed by atoms with E-state index in [9.17, 15) is 4.79 Å². The smallest absolute Gasteiger partial charge is 0.239 e. The second-order valence-electron chi connectivity index (χ2n) is 5.05. The Bertz CT molecular complexity index is 408. The fraction of sp³-hybridized carbons (Fsp3) is 0.588. The summed E-state index contributed by atoms with van der Waals surface area (Å²) in [6.07, 6.45) is 6.03. The highest BCUT2D eigenvalue weighted by Gasteiger charge is 2.04. The molecule has 1 amide bonds. The van der Waals surface area contributed by atoms with E-state index in [1.165, 1.54) is 25.7 Å². The van der Waals surface area contributed by atoms with Crippen LogP contribution in [0.3, 0.4) is 0 Å². The third-order valence-electron chi connectivity index (χ3n) is 3.23. The topological polar surface area (TPSA) is 50.4 Å². The van der Waals surface area contributed by atoms with Gasteiger partial charge in [0.25, 0.3) is 0 Å². The molecule has 0 aliphatic heterocycles. The second-order valence-corrected chi connectivity index (χ2v) is 5.05. The molecule has 0 radical (unpaired) electrons. The largest absolute Gasteiger partial charge is 0.492 e. The van der Waals surface area contributed by atoms with Crippen molar-refractivity contribution < 1.29 is 9.53 Å². The second kappa shape index (κ2) is 11.0. The van der Waals surface area contributed by atoms with Crippen LogP contribution in [0.2, 0.25) is 0 Å². The zero-order valence-electron chi connectivity index (χ0n) is 13.3. The molecule has 0 spiro atoms. The van der Waals surface area contributed by atoms with E-state index in [1.54, 1.807) is 0 Å². The summed E-state index contributed by atoms with van der Waals surface area (Å²) in [4.78, 5) is 11.8. The van der Waals surface area contributed by atoms with Gasteiger partial charge in [0.05, 0.1) is 18.8 Å². The van der Waals surface area contributed by atoms with Crippen LogP contribution in [0.15, 0.2) is 24.3 Å². The van der Waals surface area contributed by atoms with Gasteiger partial charge in [0.1, 0.15) is 5.75 Å². The van der Waals surface area contributed by atoms with Crippen LogP contribution in [0, 0.1) is 0 Å². The molecule has 0 atom stereocenters. The Labute approximate surface area is 128 Å². The number of amides is 1. The van der Waals surface area contributed by atoms with Crippen LogP contribution in [-0.2, 0) is 4.79 Å². The maximum atomic E-state index is 11.8. The minimum Gasteiger partial charge on any atom is -0.492 e. The van der Waals surface area contributed by atoms with Crippen LogP contribution in [0.5, 0.6) is 5.75 Å². The minimum atomic E-state index is 0.0248. The number of carbonyl (C=O) groups excluding carboxylic acids is 1. The Morgan fingerprint density at radius 2 is 1.86 bits per heavy atom. The molecule has 0 aliphatic rings. The molecule has 0 bridgehead atoms. The molecule has 0 aromatic heterocycles. The van der Waals surface area contributed by atoms with E-state index in [-0.39, 0.29) is 12.5 Å². The summed E-state index contributed by atoms with van der Waals surface area (Å²) in [5.74, 6) is 0.809. The minimum absolute atomic E-state index is 0.0248. The zero-order valence-corrected chi connectivity index (χ0v) is 13.3. The standard InChI is InChI=1S/C17H28N2O2/c1-3-5-6-7-10-13-18-17(20)14-19-15-11-8-9-12-16(15)21-4-2/h8-9,11-12,19H,3-7,10,13-14H2,1-2H3,(H,18,20). The molecule has 4 nitrogen and oxygen atoms in total. The molecule has 118 valence electrons. The lowest BCUT2D eigenvalue weighted by Crippen LogP contribution is -2.30. The third kappa shape index (κ3) is 7.59. The SMILES string of the molecule is CCCCCCCNC(=O)CNc1ccccc1OCC. The van der Waals surface area contributed by atoms with Crippen LogP contribution in [-0.4, -0.2) is 25.6 Å². The molecule has 1 aromatic rings. The average molecular weight is 292 g/mol. The van der Waals surface area contributed by atoms with Crippen LogP contribution in [0.25, 0.3) is 0 Å². The van der Waals surface area contributed by atoms with E-state index in [0.717, 1.165) is 24.4 Å². The summed E-state index contributed by atoms with van der Waals surface area (Å²) in [5.41, 5.74) is 0.859. The van der Waals surface area contributed by atoms with E-state index in [2.05, 4.69) is 17.6 Å². The number of rotatable bonds is 11. The first-order chi connectivity index (χ1) is 10.3. The highest BCUT2D eigenvalue weighted by molar-refractivity contribution is 5.81. The van der Waals surface area contributed by atoms with Crippen molar-refractivity contribution in [1.82, 2.24) is 5.32 Å². The van der Waals surface area contributed by atoms with E-state index < -0.39 is 0 Å². The molecule has 0 unspecified atom stereocenters. The lowest BCUT2D eigenvalue weighted by atomic mass is 10.1. The van der Waals surface area contributed by atoms with Gasteiger partial charge in [0.2, 0.25) is 5.91 Å². The fourth-order valence-electron chi connectivity index (χ4n) is 2.09. The van der Waals surface area contributed by atoms with Gasteiger partial charge in [-0.1, -0.05) is 44.7 Å². The summed E-state index contributed by atoms with van der Waals surface area (Å²) in [7, 11) is 0. The van der Waals surface area contributed by atoms with Gasteiger partial charge >= 0.3 is 0 Å². The molecule has 21 heavy (non-hydrogen) atoms. The number of benzene rings is 1. The van der Waals surface area contributed by atoms with Gasteiger partial charge in [-0.15, -0.1) is 0 Å². The zero-order chi connectivity index (χ0) is 15.3. The van der Waals surface area contributed by atoms with E-state index >= 15 is 0 Å². The van der Waals surface area contributed by atoms with Gasteiger partial charge < -0.3 is 15.4 Å². The predicted octanol–water partition coefficient (Wildman–Crippen LogP) is 3.58. The summed E-state index contributed by atoms with van der Waals surface area (Å²) in [6, 6.07) is 7.67. The maximum Gasteiger partial charge on any atom is 0.239 e. The molecular weight excluding hydrogens is 264 g/mol. The molecule has 0 heterocycles.